The van der Waals surface area contributed by atoms with Gasteiger partial charge in [-0.2, -0.15) is 0 Å². The molecule has 21 heavy (non-hydrogen) atoms. The zero-order valence-electron chi connectivity index (χ0n) is 11.3. The molecule has 1 amide bonds. The Kier molecular flexibility index (Phi) is 5.07. The number of rotatable bonds is 5. The predicted molar refractivity (Wildman–Crippen MR) is 80.9 cm³/mol. The lowest BCUT2D eigenvalue weighted by Gasteiger charge is -2.32. The fraction of sp³-hybridized carbons (Fsp3) is 0.500. The van der Waals surface area contributed by atoms with Gasteiger partial charge in [0.25, 0.3) is 0 Å². The first kappa shape index (κ1) is 15.6. The molecule has 0 bridgehead atoms. The maximum absolute atomic E-state index is 11.0. The van der Waals surface area contributed by atoms with Crippen LogP contribution in [-0.4, -0.2) is 46.4 Å². The van der Waals surface area contributed by atoms with E-state index in [2.05, 4.69) is 26.2 Å². The number of amides is 1. The summed E-state index contributed by atoms with van der Waals surface area (Å²) >= 11 is 3.29. The second kappa shape index (κ2) is 6.81. The Labute approximate surface area is 130 Å². The number of primary amides is 1. The molecule has 3 N–H and O–H groups in total. The number of likely N-dealkylation sites (tertiary alicyclic amines) is 1. The van der Waals surface area contributed by atoms with Gasteiger partial charge in [0, 0.05) is 25.3 Å². The van der Waals surface area contributed by atoms with Crippen molar-refractivity contribution in [2.75, 3.05) is 25.0 Å². The van der Waals surface area contributed by atoms with E-state index in [-0.39, 0.29) is 24.2 Å². The minimum absolute atomic E-state index is 0.0519. The van der Waals surface area contributed by atoms with E-state index in [0.29, 0.717) is 10.2 Å². The van der Waals surface area contributed by atoms with E-state index in [1.54, 1.807) is 0 Å². The summed E-state index contributed by atoms with van der Waals surface area (Å²) < 4.78 is 0.566. The Bertz CT molecular complexity index is 546. The normalized spacial score (nSPS) is 16.6. The van der Waals surface area contributed by atoms with Crippen molar-refractivity contribution < 1.29 is 9.72 Å². The number of halogens is 1. The summed E-state index contributed by atoms with van der Waals surface area (Å²) in [5.41, 5.74) is 5.57. The lowest BCUT2D eigenvalue weighted by Crippen LogP contribution is -2.43. The summed E-state index contributed by atoms with van der Waals surface area (Å²) in [6.07, 6.45) is 4.34. The summed E-state index contributed by atoms with van der Waals surface area (Å²) in [7, 11) is 0. The molecule has 0 radical (unpaired) electrons. The summed E-state index contributed by atoms with van der Waals surface area (Å²) in [4.78, 5) is 27.3. The molecule has 8 nitrogen and oxygen atoms in total. The van der Waals surface area contributed by atoms with Gasteiger partial charge in [0.05, 0.1) is 15.9 Å². The van der Waals surface area contributed by atoms with Gasteiger partial charge in [0.15, 0.2) is 0 Å². The van der Waals surface area contributed by atoms with Gasteiger partial charge >= 0.3 is 5.69 Å². The van der Waals surface area contributed by atoms with E-state index in [4.69, 9.17) is 5.73 Å². The Hall–Kier alpha value is -1.74. The maximum atomic E-state index is 11.0. The van der Waals surface area contributed by atoms with Crippen molar-refractivity contribution in [1.82, 2.24) is 9.88 Å². The average molecular weight is 358 g/mol. The zero-order chi connectivity index (χ0) is 15.4. The van der Waals surface area contributed by atoms with Gasteiger partial charge in [-0.25, -0.2) is 0 Å². The van der Waals surface area contributed by atoms with Crippen molar-refractivity contribution in [3.8, 4) is 0 Å². The van der Waals surface area contributed by atoms with Crippen molar-refractivity contribution in [2.24, 2.45) is 5.73 Å². The quantitative estimate of drug-likeness (QED) is 0.602. The Morgan fingerprint density at radius 3 is 2.76 bits per heavy atom. The molecule has 114 valence electrons. The number of piperidine rings is 1. The number of hydrogen-bond acceptors (Lipinski definition) is 6. The maximum Gasteiger partial charge on any atom is 0.311 e. The van der Waals surface area contributed by atoms with Gasteiger partial charge in [0.1, 0.15) is 11.9 Å². The molecule has 0 aromatic carbocycles. The number of hydrogen-bond donors (Lipinski definition) is 2. The second-order valence-corrected chi connectivity index (χ2v) is 5.79. The van der Waals surface area contributed by atoms with Crippen LogP contribution in [-0.2, 0) is 4.79 Å². The van der Waals surface area contributed by atoms with E-state index >= 15 is 0 Å². The van der Waals surface area contributed by atoms with Crippen molar-refractivity contribution in [2.45, 2.75) is 18.9 Å². The third-order valence-corrected chi connectivity index (χ3v) is 3.99. The molecule has 1 saturated heterocycles. The van der Waals surface area contributed by atoms with Gasteiger partial charge in [-0.1, -0.05) is 0 Å². The molecule has 1 aliphatic heterocycles. The van der Waals surface area contributed by atoms with E-state index in [0.717, 1.165) is 25.9 Å². The Morgan fingerprint density at radius 1 is 1.52 bits per heavy atom. The molecule has 0 saturated carbocycles. The summed E-state index contributed by atoms with van der Waals surface area (Å²) in [5.74, 6) is -0.339. The number of carbonyl (C=O) groups is 1. The van der Waals surface area contributed by atoms with Gasteiger partial charge in [0.2, 0.25) is 5.91 Å². The molecule has 0 unspecified atom stereocenters. The number of pyridine rings is 1. The van der Waals surface area contributed by atoms with Crippen molar-refractivity contribution in [1.29, 1.82) is 0 Å². The van der Waals surface area contributed by atoms with Crippen LogP contribution in [0.25, 0.3) is 0 Å². The molecule has 2 heterocycles. The highest BCUT2D eigenvalue weighted by Crippen LogP contribution is 2.32. The number of carbonyl (C=O) groups excluding carboxylic acids is 1. The monoisotopic (exact) mass is 357 g/mol. The SMILES string of the molecule is NC(=O)CN1CCC(Nc2c(Br)cncc2[N+](=O)[O-])CC1. The van der Waals surface area contributed by atoms with E-state index < -0.39 is 4.92 Å². The van der Waals surface area contributed by atoms with Crippen LogP contribution in [0.4, 0.5) is 11.4 Å². The number of nitro groups is 1. The van der Waals surface area contributed by atoms with Crippen molar-refractivity contribution >= 4 is 33.2 Å². The average Bonchev–Trinajstić information content (AvgIpc) is 2.42. The molecule has 0 spiro atoms. The topological polar surface area (TPSA) is 114 Å². The van der Waals surface area contributed by atoms with Crippen LogP contribution in [0, 0.1) is 10.1 Å². The number of nitrogens with one attached hydrogen (secondary N) is 1. The fourth-order valence-corrected chi connectivity index (χ4v) is 2.80. The Morgan fingerprint density at radius 2 is 2.19 bits per heavy atom. The standard InChI is InChI=1S/C12H16BrN5O3/c13-9-5-15-6-10(18(20)21)12(9)16-8-1-3-17(4-2-8)7-11(14)19/h5-6,8H,1-4,7H2,(H2,14,19)(H,15,16). The van der Waals surface area contributed by atoms with Crippen molar-refractivity contribution in [3.63, 3.8) is 0 Å². The first-order valence-electron chi connectivity index (χ1n) is 6.52. The predicted octanol–water partition coefficient (Wildman–Crippen LogP) is 1.11. The molecule has 2 rings (SSSR count). The molecule has 1 aliphatic rings. The lowest BCUT2D eigenvalue weighted by atomic mass is 10.0. The molecule has 9 heteroatoms. The molecular formula is C12H16BrN5O3. The van der Waals surface area contributed by atoms with E-state index in [1.165, 1.54) is 12.4 Å². The molecule has 1 aromatic rings. The van der Waals surface area contributed by atoms with Gasteiger partial charge in [-0.3, -0.25) is 24.8 Å². The van der Waals surface area contributed by atoms with Gasteiger partial charge < -0.3 is 11.1 Å². The van der Waals surface area contributed by atoms with Crippen LogP contribution >= 0.6 is 15.9 Å². The van der Waals surface area contributed by atoms with Crippen LogP contribution in [0.3, 0.4) is 0 Å². The van der Waals surface area contributed by atoms with Crippen LogP contribution in [0.5, 0.6) is 0 Å². The molecular weight excluding hydrogens is 342 g/mol. The first-order valence-corrected chi connectivity index (χ1v) is 7.31. The first-order chi connectivity index (χ1) is 9.97. The second-order valence-electron chi connectivity index (χ2n) is 4.93. The highest BCUT2D eigenvalue weighted by atomic mass is 79.9. The minimum Gasteiger partial charge on any atom is -0.376 e. The molecule has 0 atom stereocenters. The smallest absolute Gasteiger partial charge is 0.311 e. The highest BCUT2D eigenvalue weighted by Gasteiger charge is 2.24. The largest absolute Gasteiger partial charge is 0.376 e. The highest BCUT2D eigenvalue weighted by molar-refractivity contribution is 9.10. The third-order valence-electron chi connectivity index (χ3n) is 3.39. The van der Waals surface area contributed by atoms with Gasteiger partial charge in [-0.05, 0) is 28.8 Å². The van der Waals surface area contributed by atoms with Crippen molar-refractivity contribution in [3.05, 3.63) is 27.0 Å². The van der Waals surface area contributed by atoms with Crippen LogP contribution in [0.15, 0.2) is 16.9 Å². The number of aromatic nitrogens is 1. The van der Waals surface area contributed by atoms with E-state index in [1.807, 2.05) is 4.90 Å². The number of nitrogens with two attached hydrogens (primary N) is 1. The van der Waals surface area contributed by atoms with Gasteiger partial charge in [-0.15, -0.1) is 0 Å². The lowest BCUT2D eigenvalue weighted by molar-refractivity contribution is -0.384. The number of nitrogens with zero attached hydrogens (tertiary/aromatic N) is 3. The van der Waals surface area contributed by atoms with Crippen LogP contribution in [0.2, 0.25) is 0 Å². The van der Waals surface area contributed by atoms with E-state index in [9.17, 15) is 14.9 Å². The summed E-state index contributed by atoms with van der Waals surface area (Å²) in [6.45, 7) is 1.72. The fourth-order valence-electron chi connectivity index (χ4n) is 2.37. The molecule has 0 aliphatic carbocycles. The molecule has 1 aromatic heterocycles. The zero-order valence-corrected chi connectivity index (χ0v) is 12.9. The van der Waals surface area contributed by atoms with Crippen LogP contribution in [0.1, 0.15) is 12.8 Å². The van der Waals surface area contributed by atoms with Crippen LogP contribution < -0.4 is 11.1 Å². The summed E-state index contributed by atoms with van der Waals surface area (Å²) in [6, 6.07) is 0.117. The molecule has 1 fully saturated rings. The minimum atomic E-state index is -0.456. The summed E-state index contributed by atoms with van der Waals surface area (Å²) in [5, 5.41) is 14.2. The third kappa shape index (κ3) is 4.11. The Balaban J connectivity index is 2.01. The number of anilines is 1.